The number of hydrogen-bond acceptors (Lipinski definition) is 4. The molecule has 0 saturated carbocycles. The zero-order valence-corrected chi connectivity index (χ0v) is 12.6. The third kappa shape index (κ3) is 4.21. The second-order valence-electron chi connectivity index (χ2n) is 5.25. The van der Waals surface area contributed by atoms with Gasteiger partial charge in [0.2, 0.25) is 5.91 Å². The molecule has 2 rings (SSSR count). The average Bonchev–Trinajstić information content (AvgIpc) is 3.08. The molecule has 116 valence electrons. The summed E-state index contributed by atoms with van der Waals surface area (Å²) in [4.78, 5) is 25.3. The van der Waals surface area contributed by atoms with Crippen molar-refractivity contribution in [1.82, 2.24) is 20.7 Å². The number of nitrogens with zero attached hydrogens (tertiary/aromatic N) is 2. The Balaban J connectivity index is 1.64. The largest absolute Gasteiger partial charge is 0.361 e. The van der Waals surface area contributed by atoms with Gasteiger partial charge >= 0.3 is 6.03 Å². The molecule has 1 aliphatic heterocycles. The molecule has 2 N–H and O–H groups in total. The quantitative estimate of drug-likeness (QED) is 0.851. The van der Waals surface area contributed by atoms with Crippen LogP contribution in [0.25, 0.3) is 0 Å². The first-order valence-electron chi connectivity index (χ1n) is 7.29. The highest BCUT2D eigenvalue weighted by molar-refractivity contribution is 5.78. The lowest BCUT2D eigenvalue weighted by Crippen LogP contribution is -2.38. The Kier molecular flexibility index (Phi) is 5.19. The lowest BCUT2D eigenvalue weighted by molar-refractivity contribution is -0.129. The third-order valence-corrected chi connectivity index (χ3v) is 3.69. The van der Waals surface area contributed by atoms with E-state index < -0.39 is 0 Å². The molecule has 7 nitrogen and oxygen atoms in total. The first-order valence-corrected chi connectivity index (χ1v) is 7.29. The van der Waals surface area contributed by atoms with E-state index in [4.69, 9.17) is 4.52 Å². The molecule has 21 heavy (non-hydrogen) atoms. The van der Waals surface area contributed by atoms with Crippen molar-refractivity contribution >= 4 is 11.9 Å². The number of likely N-dealkylation sites (tertiary alicyclic amines) is 1. The molecule has 1 aliphatic rings. The van der Waals surface area contributed by atoms with Crippen molar-refractivity contribution in [2.24, 2.45) is 0 Å². The van der Waals surface area contributed by atoms with Crippen LogP contribution < -0.4 is 10.6 Å². The zero-order chi connectivity index (χ0) is 15.2. The van der Waals surface area contributed by atoms with Gasteiger partial charge in [-0.15, -0.1) is 0 Å². The summed E-state index contributed by atoms with van der Waals surface area (Å²) in [7, 11) is 0. The van der Waals surface area contributed by atoms with Gasteiger partial charge in [-0.25, -0.2) is 4.79 Å². The van der Waals surface area contributed by atoms with Crippen LogP contribution in [0.2, 0.25) is 0 Å². The number of carbonyl (C=O) groups excluding carboxylic acids is 2. The van der Waals surface area contributed by atoms with Gasteiger partial charge in [-0.3, -0.25) is 4.79 Å². The maximum Gasteiger partial charge on any atom is 0.315 e. The molecular formula is C14H22N4O3. The lowest BCUT2D eigenvalue weighted by Gasteiger charge is -2.15. The van der Waals surface area contributed by atoms with Crippen LogP contribution in [-0.4, -0.2) is 41.6 Å². The van der Waals surface area contributed by atoms with Crippen molar-refractivity contribution in [3.63, 3.8) is 0 Å². The minimum Gasteiger partial charge on any atom is -0.361 e. The topological polar surface area (TPSA) is 87.5 Å². The molecule has 1 aromatic heterocycles. The lowest BCUT2D eigenvalue weighted by atomic mass is 10.2. The number of carbonyl (C=O) groups is 2. The van der Waals surface area contributed by atoms with Gasteiger partial charge in [0.1, 0.15) is 5.76 Å². The second-order valence-corrected chi connectivity index (χ2v) is 5.25. The van der Waals surface area contributed by atoms with Crippen LogP contribution >= 0.6 is 0 Å². The van der Waals surface area contributed by atoms with E-state index in [9.17, 15) is 9.59 Å². The van der Waals surface area contributed by atoms with E-state index in [1.165, 1.54) is 0 Å². The maximum absolute atomic E-state index is 11.8. The normalized spacial score (nSPS) is 14.3. The highest BCUT2D eigenvalue weighted by Crippen LogP contribution is 2.11. The predicted molar refractivity (Wildman–Crippen MR) is 76.6 cm³/mol. The summed E-state index contributed by atoms with van der Waals surface area (Å²) in [5.41, 5.74) is 1.66. The van der Waals surface area contributed by atoms with E-state index in [1.54, 1.807) is 0 Å². The zero-order valence-electron chi connectivity index (χ0n) is 12.6. The molecule has 0 radical (unpaired) electrons. The molecule has 0 aromatic carbocycles. The van der Waals surface area contributed by atoms with Crippen molar-refractivity contribution in [2.45, 2.75) is 39.7 Å². The molecular weight excluding hydrogens is 272 g/mol. The smallest absolute Gasteiger partial charge is 0.315 e. The number of urea groups is 1. The van der Waals surface area contributed by atoms with Crippen LogP contribution in [0.3, 0.4) is 0 Å². The van der Waals surface area contributed by atoms with Crippen molar-refractivity contribution < 1.29 is 14.1 Å². The SMILES string of the molecule is Cc1noc(C)c1CNC(=O)NCCC(=O)N1CCCC1. The van der Waals surface area contributed by atoms with Gasteiger partial charge in [0.15, 0.2) is 0 Å². The molecule has 1 saturated heterocycles. The summed E-state index contributed by atoms with van der Waals surface area (Å²) in [5.74, 6) is 0.815. The predicted octanol–water partition coefficient (Wildman–Crippen LogP) is 1.10. The first kappa shape index (κ1) is 15.3. The number of nitrogens with one attached hydrogen (secondary N) is 2. The summed E-state index contributed by atoms with van der Waals surface area (Å²) in [5, 5.41) is 9.25. The average molecular weight is 294 g/mol. The van der Waals surface area contributed by atoms with E-state index >= 15 is 0 Å². The molecule has 0 bridgehead atoms. The summed E-state index contributed by atoms with van der Waals surface area (Å²) in [6, 6.07) is -0.288. The molecule has 2 heterocycles. The second kappa shape index (κ2) is 7.10. The van der Waals surface area contributed by atoms with E-state index in [0.717, 1.165) is 37.2 Å². The number of aromatic nitrogens is 1. The van der Waals surface area contributed by atoms with Gasteiger partial charge < -0.3 is 20.1 Å². The Morgan fingerprint density at radius 3 is 2.57 bits per heavy atom. The number of hydrogen-bond donors (Lipinski definition) is 2. The number of rotatable bonds is 5. The van der Waals surface area contributed by atoms with Crippen LogP contribution in [-0.2, 0) is 11.3 Å². The van der Waals surface area contributed by atoms with Gasteiger partial charge in [0.25, 0.3) is 0 Å². The van der Waals surface area contributed by atoms with Gasteiger partial charge in [-0.1, -0.05) is 5.16 Å². The molecule has 0 aliphatic carbocycles. The minimum atomic E-state index is -0.288. The minimum absolute atomic E-state index is 0.110. The fraction of sp³-hybridized carbons (Fsp3) is 0.643. The van der Waals surface area contributed by atoms with Crippen molar-refractivity contribution in [3.8, 4) is 0 Å². The van der Waals surface area contributed by atoms with Gasteiger partial charge in [-0.05, 0) is 26.7 Å². The maximum atomic E-state index is 11.8. The Labute approximate surface area is 124 Å². The van der Waals surface area contributed by atoms with Crippen LogP contribution in [0, 0.1) is 13.8 Å². The van der Waals surface area contributed by atoms with E-state index in [0.29, 0.717) is 25.3 Å². The third-order valence-electron chi connectivity index (χ3n) is 3.69. The molecule has 7 heteroatoms. The molecule has 1 fully saturated rings. The Morgan fingerprint density at radius 1 is 1.24 bits per heavy atom. The van der Waals surface area contributed by atoms with Crippen molar-refractivity contribution in [3.05, 3.63) is 17.0 Å². The Hall–Kier alpha value is -2.05. The van der Waals surface area contributed by atoms with E-state index in [-0.39, 0.29) is 11.9 Å². The molecule has 0 atom stereocenters. The fourth-order valence-corrected chi connectivity index (χ4v) is 2.39. The number of aryl methyl sites for hydroxylation is 2. The summed E-state index contributed by atoms with van der Waals surface area (Å²) < 4.78 is 5.03. The van der Waals surface area contributed by atoms with Crippen molar-refractivity contribution in [1.29, 1.82) is 0 Å². The summed E-state index contributed by atoms with van der Waals surface area (Å²) in [6.45, 7) is 6.05. The Morgan fingerprint density at radius 2 is 1.95 bits per heavy atom. The van der Waals surface area contributed by atoms with Crippen LogP contribution in [0.4, 0.5) is 4.79 Å². The molecule has 0 spiro atoms. The van der Waals surface area contributed by atoms with E-state index in [1.807, 2.05) is 18.7 Å². The molecule has 0 unspecified atom stereocenters. The monoisotopic (exact) mass is 294 g/mol. The molecule has 3 amide bonds. The van der Waals surface area contributed by atoms with Crippen LogP contribution in [0.15, 0.2) is 4.52 Å². The Bertz CT molecular complexity index is 487. The van der Waals surface area contributed by atoms with Crippen LogP contribution in [0.5, 0.6) is 0 Å². The van der Waals surface area contributed by atoms with Gasteiger partial charge in [-0.2, -0.15) is 0 Å². The van der Waals surface area contributed by atoms with Gasteiger partial charge in [0, 0.05) is 38.2 Å². The standard InChI is InChI=1S/C14H22N4O3/c1-10-12(11(2)21-17-10)9-16-14(20)15-6-5-13(19)18-7-3-4-8-18/h3-9H2,1-2H3,(H2,15,16,20). The highest BCUT2D eigenvalue weighted by Gasteiger charge is 2.17. The first-order chi connectivity index (χ1) is 10.1. The summed E-state index contributed by atoms with van der Waals surface area (Å²) in [6.07, 6.45) is 2.51. The van der Waals surface area contributed by atoms with Crippen molar-refractivity contribution in [2.75, 3.05) is 19.6 Å². The number of amides is 3. The van der Waals surface area contributed by atoms with E-state index in [2.05, 4.69) is 15.8 Å². The van der Waals surface area contributed by atoms with Gasteiger partial charge in [0.05, 0.1) is 5.69 Å². The fourth-order valence-electron chi connectivity index (χ4n) is 2.39. The summed E-state index contributed by atoms with van der Waals surface area (Å²) >= 11 is 0. The highest BCUT2D eigenvalue weighted by atomic mass is 16.5. The van der Waals surface area contributed by atoms with Crippen LogP contribution in [0.1, 0.15) is 36.3 Å². The molecule has 1 aromatic rings.